The molecule has 0 atom stereocenters. The molecule has 1 N–H and O–H groups in total. The predicted octanol–water partition coefficient (Wildman–Crippen LogP) is 3.25. The lowest BCUT2D eigenvalue weighted by Crippen LogP contribution is -2.13. The van der Waals surface area contributed by atoms with Gasteiger partial charge in [-0.25, -0.2) is 8.42 Å². The normalized spacial score (nSPS) is 11.4. The molecule has 0 radical (unpaired) electrons. The molecule has 24 heavy (non-hydrogen) atoms. The largest absolute Gasteiger partial charge is 0.278 e. The topological polar surface area (TPSA) is 102 Å². The van der Waals surface area contributed by atoms with Crippen LogP contribution >= 0.6 is 0 Å². The second kappa shape index (κ2) is 5.89. The number of nitrogens with zero attached hydrogens (tertiary/aromatic N) is 2. The molecule has 7 nitrogen and oxygen atoms in total. The van der Waals surface area contributed by atoms with Gasteiger partial charge in [0.2, 0.25) is 0 Å². The Labute approximate surface area is 138 Å². The van der Waals surface area contributed by atoms with Gasteiger partial charge < -0.3 is 0 Å². The van der Waals surface area contributed by atoms with Crippen LogP contribution in [-0.2, 0) is 10.0 Å². The zero-order valence-corrected chi connectivity index (χ0v) is 13.4. The number of anilines is 1. The van der Waals surface area contributed by atoms with Crippen molar-refractivity contribution in [1.82, 2.24) is 4.98 Å². The number of non-ortho nitro benzene ring substituents is 1. The maximum atomic E-state index is 12.5. The van der Waals surface area contributed by atoms with Crippen LogP contribution in [0.1, 0.15) is 5.56 Å². The van der Waals surface area contributed by atoms with E-state index in [1.54, 1.807) is 18.2 Å². The molecule has 3 aromatic rings. The summed E-state index contributed by atoms with van der Waals surface area (Å²) >= 11 is 0. The minimum Gasteiger partial charge on any atom is -0.277 e. The van der Waals surface area contributed by atoms with Crippen molar-refractivity contribution in [3.05, 3.63) is 70.4 Å². The Morgan fingerprint density at radius 2 is 1.79 bits per heavy atom. The minimum absolute atomic E-state index is 0.107. The number of sulfonamides is 1. The number of nitrogens with one attached hydrogen (secondary N) is 1. The van der Waals surface area contributed by atoms with Gasteiger partial charge in [-0.3, -0.25) is 19.8 Å². The van der Waals surface area contributed by atoms with Crippen molar-refractivity contribution in [1.29, 1.82) is 0 Å². The third-order valence-electron chi connectivity index (χ3n) is 3.52. The first-order chi connectivity index (χ1) is 11.4. The van der Waals surface area contributed by atoms with Crippen molar-refractivity contribution in [3.8, 4) is 0 Å². The number of aryl methyl sites for hydroxylation is 1. The van der Waals surface area contributed by atoms with E-state index in [4.69, 9.17) is 0 Å². The van der Waals surface area contributed by atoms with Crippen LogP contribution in [0.5, 0.6) is 0 Å². The number of hydrogen-bond donors (Lipinski definition) is 1. The van der Waals surface area contributed by atoms with Crippen molar-refractivity contribution >= 4 is 32.3 Å². The van der Waals surface area contributed by atoms with Gasteiger partial charge in [-0.15, -0.1) is 0 Å². The third-order valence-corrected chi connectivity index (χ3v) is 4.90. The fourth-order valence-electron chi connectivity index (χ4n) is 2.32. The number of rotatable bonds is 4. The van der Waals surface area contributed by atoms with Crippen molar-refractivity contribution in [2.75, 3.05) is 4.72 Å². The Morgan fingerprint density at radius 1 is 1.08 bits per heavy atom. The molecule has 0 bridgehead atoms. The van der Waals surface area contributed by atoms with E-state index in [1.807, 2.05) is 6.92 Å². The van der Waals surface area contributed by atoms with Gasteiger partial charge in [0.1, 0.15) is 5.52 Å². The number of nitro groups is 1. The van der Waals surface area contributed by atoms with E-state index < -0.39 is 14.9 Å². The van der Waals surface area contributed by atoms with Crippen LogP contribution in [0.25, 0.3) is 10.9 Å². The summed E-state index contributed by atoms with van der Waals surface area (Å²) in [4.78, 5) is 14.8. The van der Waals surface area contributed by atoms with Crippen LogP contribution in [0.2, 0.25) is 0 Å². The number of nitro benzene ring substituents is 1. The molecule has 0 spiro atoms. The van der Waals surface area contributed by atoms with Crippen LogP contribution in [0.4, 0.5) is 11.4 Å². The second-order valence-electron chi connectivity index (χ2n) is 5.21. The highest BCUT2D eigenvalue weighted by Crippen LogP contribution is 2.31. The summed E-state index contributed by atoms with van der Waals surface area (Å²) in [6.45, 7) is 1.86. The minimum atomic E-state index is -3.81. The molecule has 2 aromatic carbocycles. The lowest BCUT2D eigenvalue weighted by molar-refractivity contribution is -0.383. The van der Waals surface area contributed by atoms with E-state index >= 15 is 0 Å². The molecular weight excluding hydrogens is 330 g/mol. The summed E-state index contributed by atoms with van der Waals surface area (Å²) in [7, 11) is -3.81. The average Bonchev–Trinajstić information content (AvgIpc) is 2.55. The average molecular weight is 343 g/mol. The van der Waals surface area contributed by atoms with Crippen molar-refractivity contribution in [2.45, 2.75) is 11.8 Å². The highest BCUT2D eigenvalue weighted by Gasteiger charge is 2.19. The first kappa shape index (κ1) is 15.9. The Kier molecular flexibility index (Phi) is 3.90. The first-order valence-electron chi connectivity index (χ1n) is 7.00. The Hall–Kier alpha value is -3.00. The first-order valence-corrected chi connectivity index (χ1v) is 8.48. The molecule has 1 aromatic heterocycles. The summed E-state index contributed by atoms with van der Waals surface area (Å²) in [5.74, 6) is 0. The molecule has 0 aliphatic carbocycles. The fourth-order valence-corrected chi connectivity index (χ4v) is 3.39. The Morgan fingerprint density at radius 3 is 2.46 bits per heavy atom. The summed E-state index contributed by atoms with van der Waals surface area (Å²) < 4.78 is 27.5. The maximum absolute atomic E-state index is 12.5. The van der Waals surface area contributed by atoms with E-state index in [1.165, 1.54) is 36.5 Å². The molecule has 0 aliphatic heterocycles. The zero-order valence-electron chi connectivity index (χ0n) is 12.6. The van der Waals surface area contributed by atoms with Gasteiger partial charge in [-0.05, 0) is 37.3 Å². The van der Waals surface area contributed by atoms with Gasteiger partial charge in [0.05, 0.1) is 20.9 Å². The maximum Gasteiger partial charge on any atom is 0.278 e. The number of aromatic nitrogens is 1. The fraction of sp³-hybridized carbons (Fsp3) is 0.0625. The van der Waals surface area contributed by atoms with Crippen LogP contribution < -0.4 is 4.72 Å². The molecule has 0 fully saturated rings. The zero-order chi connectivity index (χ0) is 17.3. The molecule has 0 unspecified atom stereocenters. The van der Waals surface area contributed by atoms with Gasteiger partial charge in [-0.2, -0.15) is 0 Å². The van der Waals surface area contributed by atoms with Gasteiger partial charge in [0, 0.05) is 12.3 Å². The molecular formula is C16H13N3O4S. The van der Waals surface area contributed by atoms with Gasteiger partial charge in [0.15, 0.2) is 0 Å². The van der Waals surface area contributed by atoms with Gasteiger partial charge in [-0.1, -0.05) is 17.7 Å². The molecule has 3 rings (SSSR count). The second-order valence-corrected chi connectivity index (χ2v) is 6.89. The third kappa shape index (κ3) is 2.91. The highest BCUT2D eigenvalue weighted by atomic mass is 32.2. The van der Waals surface area contributed by atoms with E-state index in [0.29, 0.717) is 0 Å². The quantitative estimate of drug-likeness (QED) is 0.578. The number of benzene rings is 2. The van der Waals surface area contributed by atoms with Gasteiger partial charge in [0.25, 0.3) is 15.7 Å². The van der Waals surface area contributed by atoms with Gasteiger partial charge >= 0.3 is 0 Å². The molecule has 0 saturated heterocycles. The lowest BCUT2D eigenvalue weighted by atomic mass is 10.1. The smallest absolute Gasteiger partial charge is 0.277 e. The molecule has 1 heterocycles. The molecule has 122 valence electrons. The van der Waals surface area contributed by atoms with E-state index in [0.717, 1.165) is 5.56 Å². The Balaban J connectivity index is 2.09. The van der Waals surface area contributed by atoms with Crippen molar-refractivity contribution < 1.29 is 13.3 Å². The monoisotopic (exact) mass is 343 g/mol. The van der Waals surface area contributed by atoms with E-state index in [9.17, 15) is 18.5 Å². The van der Waals surface area contributed by atoms with Crippen LogP contribution in [0, 0.1) is 17.0 Å². The number of fused-ring (bicyclic) bond motifs is 1. The van der Waals surface area contributed by atoms with Crippen molar-refractivity contribution in [2.24, 2.45) is 0 Å². The molecule has 0 saturated carbocycles. The summed E-state index contributed by atoms with van der Waals surface area (Å²) in [6, 6.07) is 12.1. The van der Waals surface area contributed by atoms with E-state index in [-0.39, 0.29) is 27.2 Å². The van der Waals surface area contributed by atoms with Crippen LogP contribution in [0.3, 0.4) is 0 Å². The molecule has 8 heteroatoms. The number of pyridine rings is 1. The summed E-state index contributed by atoms with van der Waals surface area (Å²) in [5, 5.41) is 11.4. The standard InChI is InChI=1S/C16H13N3O4S/c1-11-4-6-12(7-5-11)24(22,23)18-14-8-9-15(19(20)21)13-3-2-10-17-16(13)14/h2-10,18H,1H3. The lowest BCUT2D eigenvalue weighted by Gasteiger charge is -2.10. The van der Waals surface area contributed by atoms with Crippen LogP contribution in [-0.4, -0.2) is 18.3 Å². The summed E-state index contributed by atoms with van der Waals surface area (Å²) in [6.07, 6.45) is 1.45. The van der Waals surface area contributed by atoms with Crippen LogP contribution in [0.15, 0.2) is 59.6 Å². The SMILES string of the molecule is Cc1ccc(S(=O)(=O)Nc2ccc([N+](=O)[O-])c3cccnc23)cc1. The predicted molar refractivity (Wildman–Crippen MR) is 90.4 cm³/mol. The molecule has 0 aliphatic rings. The number of hydrogen-bond acceptors (Lipinski definition) is 5. The highest BCUT2D eigenvalue weighted by molar-refractivity contribution is 7.92. The Bertz CT molecular complexity index is 1030. The van der Waals surface area contributed by atoms with E-state index in [2.05, 4.69) is 9.71 Å². The van der Waals surface area contributed by atoms with Crippen molar-refractivity contribution in [3.63, 3.8) is 0 Å². The summed E-state index contributed by atoms with van der Waals surface area (Å²) in [5.41, 5.74) is 1.23. The molecule has 0 amide bonds.